The molecule has 0 saturated heterocycles. The van der Waals surface area contributed by atoms with Crippen molar-refractivity contribution in [2.45, 2.75) is 18.6 Å². The van der Waals surface area contributed by atoms with Crippen LogP contribution in [-0.2, 0) is 4.74 Å². The van der Waals surface area contributed by atoms with Gasteiger partial charge in [-0.15, -0.1) is 0 Å². The van der Waals surface area contributed by atoms with Gasteiger partial charge < -0.3 is 24.7 Å². The second-order valence-corrected chi connectivity index (χ2v) is 3.63. The van der Waals surface area contributed by atoms with E-state index in [1.165, 1.54) is 6.26 Å². The second kappa shape index (κ2) is 7.40. The highest BCUT2D eigenvalue weighted by atomic mass is 16.5. The fraction of sp³-hybridized carbons (Fsp3) is 0.636. The first-order valence-corrected chi connectivity index (χ1v) is 5.33. The van der Waals surface area contributed by atoms with Gasteiger partial charge in [-0.05, 0) is 25.1 Å². The number of aliphatic hydroxyl groups is 2. The Kier molecular flexibility index (Phi) is 6.10. The number of aliphatic hydroxyl groups excluding tert-OH is 2. The third kappa shape index (κ3) is 4.76. The number of hydrogen-bond acceptors (Lipinski definition) is 5. The van der Waals surface area contributed by atoms with Crippen LogP contribution in [0.15, 0.2) is 22.8 Å². The molecule has 5 nitrogen and oxygen atoms in total. The Balaban J connectivity index is 2.07. The summed E-state index contributed by atoms with van der Waals surface area (Å²) in [5.41, 5.74) is 0. The third-order valence-electron chi connectivity index (χ3n) is 2.22. The molecule has 0 aliphatic rings. The minimum absolute atomic E-state index is 0.336. The van der Waals surface area contributed by atoms with Crippen molar-refractivity contribution in [1.29, 1.82) is 0 Å². The van der Waals surface area contributed by atoms with Crippen LogP contribution in [0.5, 0.6) is 0 Å². The fourth-order valence-corrected chi connectivity index (χ4v) is 1.36. The van der Waals surface area contributed by atoms with Gasteiger partial charge in [-0.3, -0.25) is 0 Å². The highest BCUT2D eigenvalue weighted by molar-refractivity contribution is 5.02. The monoisotopic (exact) mass is 229 g/mol. The maximum absolute atomic E-state index is 9.63. The van der Waals surface area contributed by atoms with Gasteiger partial charge in [-0.1, -0.05) is 0 Å². The highest BCUT2D eigenvalue weighted by Gasteiger charge is 2.09. The number of furan rings is 1. The summed E-state index contributed by atoms with van der Waals surface area (Å²) in [6, 6.07) is 3.47. The Labute approximate surface area is 95.0 Å². The smallest absolute Gasteiger partial charge is 0.133 e. The predicted molar refractivity (Wildman–Crippen MR) is 59.0 cm³/mol. The Morgan fingerprint density at radius 1 is 1.50 bits per heavy atom. The summed E-state index contributed by atoms with van der Waals surface area (Å²) in [7, 11) is 1.55. The van der Waals surface area contributed by atoms with E-state index in [4.69, 9.17) is 9.15 Å². The van der Waals surface area contributed by atoms with Crippen molar-refractivity contribution < 1.29 is 19.4 Å². The molecule has 0 bridgehead atoms. The summed E-state index contributed by atoms with van der Waals surface area (Å²) in [6.45, 7) is 1.37. The largest absolute Gasteiger partial charge is 0.467 e. The number of methoxy groups -OCH3 is 1. The molecule has 2 atom stereocenters. The maximum atomic E-state index is 9.63. The van der Waals surface area contributed by atoms with Crippen molar-refractivity contribution in [2.75, 3.05) is 26.8 Å². The fourth-order valence-electron chi connectivity index (χ4n) is 1.36. The lowest BCUT2D eigenvalue weighted by Gasteiger charge is -2.12. The zero-order valence-corrected chi connectivity index (χ0v) is 9.43. The first kappa shape index (κ1) is 13.2. The molecule has 92 valence electrons. The number of ether oxygens (including phenoxy) is 1. The predicted octanol–water partition coefficient (Wildman–Crippen LogP) is 0.300. The van der Waals surface area contributed by atoms with Crippen LogP contribution in [0.25, 0.3) is 0 Å². The lowest BCUT2D eigenvalue weighted by Crippen LogP contribution is -2.26. The molecular weight excluding hydrogens is 210 g/mol. The van der Waals surface area contributed by atoms with Crippen molar-refractivity contribution in [3.8, 4) is 0 Å². The zero-order chi connectivity index (χ0) is 11.8. The van der Waals surface area contributed by atoms with Crippen molar-refractivity contribution in [1.82, 2.24) is 5.32 Å². The van der Waals surface area contributed by atoms with Crippen LogP contribution in [0.3, 0.4) is 0 Å². The molecule has 1 aromatic rings. The van der Waals surface area contributed by atoms with Crippen molar-refractivity contribution in [2.24, 2.45) is 0 Å². The molecule has 3 N–H and O–H groups in total. The Hall–Kier alpha value is -0.880. The lowest BCUT2D eigenvalue weighted by atomic mass is 10.2. The van der Waals surface area contributed by atoms with E-state index in [2.05, 4.69) is 5.32 Å². The van der Waals surface area contributed by atoms with Crippen molar-refractivity contribution in [3.63, 3.8) is 0 Å². The molecule has 5 heteroatoms. The molecule has 0 amide bonds. The van der Waals surface area contributed by atoms with Gasteiger partial charge in [0.2, 0.25) is 0 Å². The third-order valence-corrected chi connectivity index (χ3v) is 2.22. The molecule has 0 spiro atoms. The van der Waals surface area contributed by atoms with E-state index in [1.807, 2.05) is 0 Å². The van der Waals surface area contributed by atoms with Gasteiger partial charge >= 0.3 is 0 Å². The molecule has 16 heavy (non-hydrogen) atoms. The van der Waals surface area contributed by atoms with E-state index in [0.29, 0.717) is 31.9 Å². The zero-order valence-electron chi connectivity index (χ0n) is 9.43. The van der Waals surface area contributed by atoms with E-state index < -0.39 is 12.2 Å². The van der Waals surface area contributed by atoms with Gasteiger partial charge in [0, 0.05) is 13.7 Å². The molecule has 2 unspecified atom stereocenters. The van der Waals surface area contributed by atoms with Crippen LogP contribution >= 0.6 is 0 Å². The van der Waals surface area contributed by atoms with Gasteiger partial charge in [0.1, 0.15) is 11.9 Å². The van der Waals surface area contributed by atoms with Gasteiger partial charge in [-0.25, -0.2) is 0 Å². The summed E-state index contributed by atoms with van der Waals surface area (Å²) in [4.78, 5) is 0. The van der Waals surface area contributed by atoms with E-state index in [0.717, 1.165) is 0 Å². The summed E-state index contributed by atoms with van der Waals surface area (Å²) in [5, 5.41) is 22.0. The average Bonchev–Trinajstić information content (AvgIpc) is 2.78. The molecular formula is C11H19NO4. The molecule has 0 radical (unpaired) electrons. The van der Waals surface area contributed by atoms with Gasteiger partial charge in [0.05, 0.1) is 19.0 Å². The lowest BCUT2D eigenvalue weighted by molar-refractivity contribution is 0.0584. The van der Waals surface area contributed by atoms with Crippen LogP contribution in [0.4, 0.5) is 0 Å². The summed E-state index contributed by atoms with van der Waals surface area (Å²) >= 11 is 0. The van der Waals surface area contributed by atoms with Crippen molar-refractivity contribution >= 4 is 0 Å². The van der Waals surface area contributed by atoms with E-state index in [9.17, 15) is 10.2 Å². The summed E-state index contributed by atoms with van der Waals surface area (Å²) in [5.74, 6) is 0.546. The standard InChI is InChI=1S/C11H19NO4/c1-15-8-9(13)4-5-12-7-10(14)11-3-2-6-16-11/h2-3,6,9-10,12-14H,4-5,7-8H2,1H3. The van der Waals surface area contributed by atoms with Crippen LogP contribution in [0, 0.1) is 0 Å². The van der Waals surface area contributed by atoms with Crippen LogP contribution < -0.4 is 5.32 Å². The molecule has 0 fully saturated rings. The number of nitrogens with one attached hydrogen (secondary N) is 1. The topological polar surface area (TPSA) is 74.9 Å². The van der Waals surface area contributed by atoms with E-state index >= 15 is 0 Å². The minimum Gasteiger partial charge on any atom is -0.467 e. The summed E-state index contributed by atoms with van der Waals surface area (Å²) < 4.78 is 9.85. The molecule has 0 aliphatic heterocycles. The first-order valence-electron chi connectivity index (χ1n) is 5.33. The molecule has 0 aliphatic carbocycles. The molecule has 1 heterocycles. The van der Waals surface area contributed by atoms with Crippen molar-refractivity contribution in [3.05, 3.63) is 24.2 Å². The first-order chi connectivity index (χ1) is 7.74. The SMILES string of the molecule is COCC(O)CCNCC(O)c1ccco1. The van der Waals surface area contributed by atoms with Gasteiger partial charge in [0.15, 0.2) is 0 Å². The Bertz CT molecular complexity index is 263. The van der Waals surface area contributed by atoms with E-state index in [1.54, 1.807) is 19.2 Å². The van der Waals surface area contributed by atoms with Crippen LogP contribution in [0.2, 0.25) is 0 Å². The maximum Gasteiger partial charge on any atom is 0.133 e. The summed E-state index contributed by atoms with van der Waals surface area (Å²) in [6.07, 6.45) is 1.02. The highest BCUT2D eigenvalue weighted by Crippen LogP contribution is 2.11. The molecule has 1 aromatic heterocycles. The quantitative estimate of drug-likeness (QED) is 0.559. The van der Waals surface area contributed by atoms with E-state index in [-0.39, 0.29) is 0 Å². The number of rotatable bonds is 8. The van der Waals surface area contributed by atoms with Gasteiger partial charge in [0.25, 0.3) is 0 Å². The molecule has 0 aromatic carbocycles. The number of hydrogen-bond donors (Lipinski definition) is 3. The Morgan fingerprint density at radius 2 is 2.31 bits per heavy atom. The van der Waals surface area contributed by atoms with Crippen LogP contribution in [-0.4, -0.2) is 43.1 Å². The van der Waals surface area contributed by atoms with Gasteiger partial charge in [-0.2, -0.15) is 0 Å². The normalized spacial score (nSPS) is 14.9. The van der Waals surface area contributed by atoms with Crippen LogP contribution in [0.1, 0.15) is 18.3 Å². The molecule has 0 saturated carbocycles. The average molecular weight is 229 g/mol. The second-order valence-electron chi connectivity index (χ2n) is 3.63. The minimum atomic E-state index is -0.644. The Morgan fingerprint density at radius 3 is 2.94 bits per heavy atom. The molecule has 1 rings (SSSR count).